The summed E-state index contributed by atoms with van der Waals surface area (Å²) in [6, 6.07) is 5.34. The van der Waals surface area contributed by atoms with Crippen molar-refractivity contribution < 1.29 is 9.90 Å². The number of aromatic carboxylic acids is 1. The van der Waals surface area contributed by atoms with Crippen molar-refractivity contribution in [1.82, 2.24) is 19.7 Å². The van der Waals surface area contributed by atoms with Crippen LogP contribution < -0.4 is 0 Å². The van der Waals surface area contributed by atoms with E-state index in [-0.39, 0.29) is 0 Å². The molecule has 0 radical (unpaired) electrons. The van der Waals surface area contributed by atoms with Crippen LogP contribution in [0.4, 0.5) is 0 Å². The molecule has 0 spiro atoms. The molecule has 2 heterocycles. The zero-order valence-electron chi connectivity index (χ0n) is 11.3. The lowest BCUT2D eigenvalue weighted by Gasteiger charge is -2.14. The Kier molecular flexibility index (Phi) is 3.23. The van der Waals surface area contributed by atoms with Crippen LogP contribution >= 0.6 is 0 Å². The minimum Gasteiger partial charge on any atom is -0.478 e. The maximum Gasteiger partial charge on any atom is 0.335 e. The van der Waals surface area contributed by atoms with Crippen LogP contribution in [0.25, 0.3) is 0 Å². The minimum atomic E-state index is -0.878. The molecule has 20 heavy (non-hydrogen) atoms. The summed E-state index contributed by atoms with van der Waals surface area (Å²) in [6.07, 6.45) is 1.57. The minimum absolute atomic E-state index is 0.349. The monoisotopic (exact) mass is 272 g/mol. The molecule has 6 heteroatoms. The normalized spacial score (nSPS) is 14.4. The molecule has 0 saturated carbocycles. The summed E-state index contributed by atoms with van der Waals surface area (Å²) in [6.45, 7) is 5.15. The number of carboxylic acids is 1. The quantitative estimate of drug-likeness (QED) is 0.913. The molecule has 1 aliphatic heterocycles. The molecule has 1 aromatic carbocycles. The Morgan fingerprint density at radius 3 is 2.90 bits per heavy atom. The molecule has 1 aromatic heterocycles. The fraction of sp³-hybridized carbons (Fsp3) is 0.357. The van der Waals surface area contributed by atoms with Crippen LogP contribution in [0.3, 0.4) is 0 Å². The second kappa shape index (κ2) is 5.05. The molecule has 0 atom stereocenters. The van der Waals surface area contributed by atoms with E-state index in [4.69, 9.17) is 5.11 Å². The molecule has 6 nitrogen and oxygen atoms in total. The second-order valence-corrected chi connectivity index (χ2v) is 4.93. The number of hydrogen-bond donors (Lipinski definition) is 1. The number of benzene rings is 1. The van der Waals surface area contributed by atoms with E-state index in [9.17, 15) is 4.79 Å². The first-order valence-corrected chi connectivity index (χ1v) is 6.61. The topological polar surface area (TPSA) is 71.2 Å². The molecule has 0 bridgehead atoms. The van der Waals surface area contributed by atoms with Gasteiger partial charge in [-0.15, -0.1) is 0 Å². The van der Waals surface area contributed by atoms with E-state index in [1.165, 1.54) is 5.56 Å². The molecule has 0 amide bonds. The van der Waals surface area contributed by atoms with Crippen molar-refractivity contribution in [2.24, 2.45) is 0 Å². The molecule has 1 N–H and O–H groups in total. The first-order chi connectivity index (χ1) is 9.67. The van der Waals surface area contributed by atoms with E-state index in [1.54, 1.807) is 18.5 Å². The summed E-state index contributed by atoms with van der Waals surface area (Å²) in [5, 5.41) is 13.2. The molecule has 0 unspecified atom stereocenters. The van der Waals surface area contributed by atoms with Gasteiger partial charge in [-0.3, -0.25) is 4.90 Å². The summed E-state index contributed by atoms with van der Waals surface area (Å²) in [5.41, 5.74) is 2.63. The van der Waals surface area contributed by atoms with Gasteiger partial charge < -0.3 is 5.11 Å². The molecular formula is C14H16N4O2. The zero-order valence-corrected chi connectivity index (χ0v) is 11.3. The van der Waals surface area contributed by atoms with Crippen molar-refractivity contribution in [2.45, 2.75) is 33.1 Å². The van der Waals surface area contributed by atoms with Gasteiger partial charge in [0, 0.05) is 19.6 Å². The van der Waals surface area contributed by atoms with Crippen LogP contribution in [0.2, 0.25) is 0 Å². The van der Waals surface area contributed by atoms with E-state index < -0.39 is 5.97 Å². The molecule has 3 rings (SSSR count). The van der Waals surface area contributed by atoms with Gasteiger partial charge in [-0.25, -0.2) is 14.5 Å². The number of aryl methyl sites for hydroxylation is 1. The molecule has 0 fully saturated rings. The van der Waals surface area contributed by atoms with Crippen LogP contribution in [0, 0.1) is 0 Å². The zero-order chi connectivity index (χ0) is 14.1. The van der Waals surface area contributed by atoms with Crippen LogP contribution in [-0.4, -0.2) is 30.7 Å². The van der Waals surface area contributed by atoms with Crippen molar-refractivity contribution in [3.05, 3.63) is 47.0 Å². The Morgan fingerprint density at radius 1 is 1.35 bits per heavy atom. The van der Waals surface area contributed by atoms with Crippen molar-refractivity contribution in [3.8, 4) is 0 Å². The standard InChI is InChI=1S/C14H16N4O2/c1-2-18-13(15-9-16-18)8-17-6-11-4-3-10(14(19)20)5-12(11)7-17/h3-5,9H,2,6-8H2,1H3,(H,19,20). The second-order valence-electron chi connectivity index (χ2n) is 4.93. The van der Waals surface area contributed by atoms with Gasteiger partial charge in [0.05, 0.1) is 12.1 Å². The number of carbonyl (C=O) groups is 1. The SMILES string of the molecule is CCn1ncnc1CN1Cc2ccc(C(=O)O)cc2C1. The van der Waals surface area contributed by atoms with Crippen molar-refractivity contribution >= 4 is 5.97 Å². The lowest BCUT2D eigenvalue weighted by Crippen LogP contribution is -2.19. The van der Waals surface area contributed by atoms with Gasteiger partial charge in [0.25, 0.3) is 0 Å². The van der Waals surface area contributed by atoms with Crippen LogP contribution in [0.5, 0.6) is 0 Å². The van der Waals surface area contributed by atoms with E-state index in [0.29, 0.717) is 5.56 Å². The number of aromatic nitrogens is 3. The summed E-state index contributed by atoms with van der Waals surface area (Å²) < 4.78 is 1.88. The number of rotatable bonds is 4. The van der Waals surface area contributed by atoms with Crippen LogP contribution in [0.1, 0.15) is 34.2 Å². The number of carboxylic acid groups (broad SMARTS) is 1. The molecule has 104 valence electrons. The van der Waals surface area contributed by atoms with Crippen LogP contribution in [0.15, 0.2) is 24.5 Å². The van der Waals surface area contributed by atoms with E-state index in [0.717, 1.165) is 37.6 Å². The Labute approximate surface area is 116 Å². The molecule has 0 aliphatic carbocycles. The van der Waals surface area contributed by atoms with Gasteiger partial charge in [-0.1, -0.05) is 6.07 Å². The summed E-state index contributed by atoms with van der Waals surface area (Å²) >= 11 is 0. The van der Waals surface area contributed by atoms with E-state index >= 15 is 0 Å². The summed E-state index contributed by atoms with van der Waals surface area (Å²) in [5.74, 6) is 0.0655. The van der Waals surface area contributed by atoms with Crippen molar-refractivity contribution in [2.75, 3.05) is 0 Å². The highest BCUT2D eigenvalue weighted by Crippen LogP contribution is 2.25. The molecule has 2 aromatic rings. The third-order valence-electron chi connectivity index (χ3n) is 3.60. The average molecular weight is 272 g/mol. The van der Waals surface area contributed by atoms with Gasteiger partial charge in [-0.05, 0) is 30.2 Å². The van der Waals surface area contributed by atoms with Gasteiger partial charge >= 0.3 is 5.97 Å². The highest BCUT2D eigenvalue weighted by Gasteiger charge is 2.21. The predicted octanol–water partition coefficient (Wildman–Crippen LogP) is 1.51. The Hall–Kier alpha value is -2.21. The smallest absolute Gasteiger partial charge is 0.335 e. The lowest BCUT2D eigenvalue weighted by atomic mass is 10.1. The van der Waals surface area contributed by atoms with Gasteiger partial charge in [0.15, 0.2) is 0 Å². The van der Waals surface area contributed by atoms with Gasteiger partial charge in [0.1, 0.15) is 12.2 Å². The van der Waals surface area contributed by atoms with Crippen molar-refractivity contribution in [3.63, 3.8) is 0 Å². The fourth-order valence-corrected chi connectivity index (χ4v) is 2.58. The van der Waals surface area contributed by atoms with Crippen LogP contribution in [-0.2, 0) is 26.2 Å². The Bertz CT molecular complexity index is 650. The van der Waals surface area contributed by atoms with E-state index in [2.05, 4.69) is 15.0 Å². The number of fused-ring (bicyclic) bond motifs is 1. The maximum absolute atomic E-state index is 11.0. The number of nitrogens with zero attached hydrogens (tertiary/aromatic N) is 4. The number of hydrogen-bond acceptors (Lipinski definition) is 4. The Balaban J connectivity index is 1.75. The molecule has 1 aliphatic rings. The van der Waals surface area contributed by atoms with E-state index in [1.807, 2.05) is 17.7 Å². The van der Waals surface area contributed by atoms with Gasteiger partial charge in [-0.2, -0.15) is 5.10 Å². The highest BCUT2D eigenvalue weighted by atomic mass is 16.4. The first kappa shape index (κ1) is 12.8. The third-order valence-corrected chi connectivity index (χ3v) is 3.60. The largest absolute Gasteiger partial charge is 0.478 e. The summed E-state index contributed by atoms with van der Waals surface area (Å²) in [4.78, 5) is 17.5. The predicted molar refractivity (Wildman–Crippen MR) is 72.0 cm³/mol. The van der Waals surface area contributed by atoms with Crippen molar-refractivity contribution in [1.29, 1.82) is 0 Å². The van der Waals surface area contributed by atoms with Gasteiger partial charge in [0.2, 0.25) is 0 Å². The fourth-order valence-electron chi connectivity index (χ4n) is 2.58. The highest BCUT2D eigenvalue weighted by molar-refractivity contribution is 5.87. The molecule has 0 saturated heterocycles. The lowest BCUT2D eigenvalue weighted by molar-refractivity contribution is 0.0696. The Morgan fingerprint density at radius 2 is 2.15 bits per heavy atom. The summed E-state index contributed by atoms with van der Waals surface area (Å²) in [7, 11) is 0. The first-order valence-electron chi connectivity index (χ1n) is 6.61. The third kappa shape index (κ3) is 2.30. The molecular weight excluding hydrogens is 256 g/mol. The maximum atomic E-state index is 11.0. The average Bonchev–Trinajstić information content (AvgIpc) is 3.03.